The first-order valence-corrected chi connectivity index (χ1v) is 6.07. The zero-order valence-corrected chi connectivity index (χ0v) is 9.58. The molecule has 0 aromatic carbocycles. The van der Waals surface area contributed by atoms with E-state index in [0.29, 0.717) is 0 Å². The van der Waals surface area contributed by atoms with Gasteiger partial charge < -0.3 is 0 Å². The Morgan fingerprint density at radius 1 is 1.13 bits per heavy atom. The summed E-state index contributed by atoms with van der Waals surface area (Å²) in [5.74, 6) is 0.889. The molecule has 0 heterocycles. The number of allylic oxidation sites excluding steroid dienone is 8. The van der Waals surface area contributed by atoms with Crippen molar-refractivity contribution in [3.63, 3.8) is 0 Å². The highest BCUT2D eigenvalue weighted by Crippen LogP contribution is 2.31. The van der Waals surface area contributed by atoms with Crippen LogP contribution in [-0.2, 0) is 0 Å². The Morgan fingerprint density at radius 3 is 2.87 bits per heavy atom. The van der Waals surface area contributed by atoms with Gasteiger partial charge in [0.2, 0.25) is 0 Å². The molecule has 1 fully saturated rings. The van der Waals surface area contributed by atoms with E-state index in [4.69, 9.17) is 0 Å². The van der Waals surface area contributed by atoms with E-state index >= 15 is 0 Å². The Labute approximate surface area is 93.1 Å². The van der Waals surface area contributed by atoms with Crippen molar-refractivity contribution in [2.75, 3.05) is 0 Å². The third-order valence-corrected chi connectivity index (χ3v) is 3.33. The van der Waals surface area contributed by atoms with Crippen LogP contribution in [0.25, 0.3) is 0 Å². The second-order valence-corrected chi connectivity index (χ2v) is 4.71. The van der Waals surface area contributed by atoms with Crippen molar-refractivity contribution in [1.29, 1.82) is 0 Å². The first-order valence-electron chi connectivity index (χ1n) is 6.07. The van der Waals surface area contributed by atoms with Crippen LogP contribution < -0.4 is 0 Å². The van der Waals surface area contributed by atoms with Gasteiger partial charge in [0.05, 0.1) is 0 Å². The van der Waals surface area contributed by atoms with Crippen LogP contribution in [0, 0.1) is 5.92 Å². The molecule has 0 bridgehead atoms. The Bertz CT molecular complexity index is 326. The minimum absolute atomic E-state index is 0.889. The molecule has 80 valence electrons. The average Bonchev–Trinajstić information content (AvgIpc) is 2.16. The van der Waals surface area contributed by atoms with Gasteiger partial charge in [0.1, 0.15) is 0 Å². The number of hydrogen-bond donors (Lipinski definition) is 0. The lowest BCUT2D eigenvalue weighted by Crippen LogP contribution is -2.06. The van der Waals surface area contributed by atoms with E-state index < -0.39 is 0 Å². The molecule has 0 radical (unpaired) electrons. The summed E-state index contributed by atoms with van der Waals surface area (Å²) in [7, 11) is 0. The van der Waals surface area contributed by atoms with Crippen LogP contribution >= 0.6 is 0 Å². The predicted molar refractivity (Wildman–Crippen MR) is 66.7 cm³/mol. The lowest BCUT2D eigenvalue weighted by Gasteiger charge is -2.22. The standard InChI is InChI=1S/C15H20/c1-13-8-7-11-15(12-13)14-9-5-3-2-4-6-10-14/h2-6,9,13H,7-8,10-12H2,1H3/b3-2?,6-4?,9-5?,15-14-. The lowest BCUT2D eigenvalue weighted by molar-refractivity contribution is 0.450. The highest BCUT2D eigenvalue weighted by Gasteiger charge is 2.14. The largest absolute Gasteiger partial charge is 0.0801 e. The molecule has 1 saturated carbocycles. The second-order valence-electron chi connectivity index (χ2n) is 4.71. The summed E-state index contributed by atoms with van der Waals surface area (Å²) in [5.41, 5.74) is 3.26. The van der Waals surface area contributed by atoms with Gasteiger partial charge in [-0.2, -0.15) is 0 Å². The molecule has 0 aliphatic heterocycles. The van der Waals surface area contributed by atoms with Crippen LogP contribution in [0.1, 0.15) is 39.0 Å². The third kappa shape index (κ3) is 2.95. The van der Waals surface area contributed by atoms with E-state index in [1.807, 2.05) is 0 Å². The number of hydrogen-bond acceptors (Lipinski definition) is 0. The van der Waals surface area contributed by atoms with E-state index in [1.54, 1.807) is 11.1 Å². The number of rotatable bonds is 0. The van der Waals surface area contributed by atoms with Crippen molar-refractivity contribution >= 4 is 0 Å². The van der Waals surface area contributed by atoms with Crippen molar-refractivity contribution < 1.29 is 0 Å². The molecule has 0 heteroatoms. The molecular formula is C15H20. The van der Waals surface area contributed by atoms with E-state index in [1.165, 1.54) is 25.7 Å². The van der Waals surface area contributed by atoms with Crippen LogP contribution in [0.2, 0.25) is 0 Å². The quantitative estimate of drug-likeness (QED) is 0.537. The van der Waals surface area contributed by atoms with Crippen LogP contribution in [0.15, 0.2) is 47.6 Å². The predicted octanol–water partition coefficient (Wildman–Crippen LogP) is 4.57. The fraction of sp³-hybridized carbons (Fsp3) is 0.467. The van der Waals surface area contributed by atoms with Gasteiger partial charge >= 0.3 is 0 Å². The fourth-order valence-electron chi connectivity index (χ4n) is 2.48. The van der Waals surface area contributed by atoms with E-state index in [9.17, 15) is 0 Å². The van der Waals surface area contributed by atoms with Gasteiger partial charge in [-0.3, -0.25) is 0 Å². The fourth-order valence-corrected chi connectivity index (χ4v) is 2.48. The van der Waals surface area contributed by atoms with Crippen LogP contribution in [0.3, 0.4) is 0 Å². The van der Waals surface area contributed by atoms with E-state index in [-0.39, 0.29) is 0 Å². The molecule has 0 aromatic heterocycles. The average molecular weight is 200 g/mol. The smallest absolute Gasteiger partial charge is 0.00948 e. The van der Waals surface area contributed by atoms with Gasteiger partial charge in [-0.1, -0.05) is 55.4 Å². The molecule has 0 saturated heterocycles. The molecule has 0 nitrogen and oxygen atoms in total. The summed E-state index contributed by atoms with van der Waals surface area (Å²) in [6.07, 6.45) is 19.6. The summed E-state index contributed by atoms with van der Waals surface area (Å²) in [6.45, 7) is 2.38. The van der Waals surface area contributed by atoms with Gasteiger partial charge in [-0.05, 0) is 37.2 Å². The van der Waals surface area contributed by atoms with Gasteiger partial charge in [-0.15, -0.1) is 0 Å². The van der Waals surface area contributed by atoms with Gasteiger partial charge in [0.25, 0.3) is 0 Å². The zero-order chi connectivity index (χ0) is 10.5. The summed E-state index contributed by atoms with van der Waals surface area (Å²) >= 11 is 0. The van der Waals surface area contributed by atoms with E-state index in [2.05, 4.69) is 43.4 Å². The molecule has 0 aromatic rings. The first kappa shape index (κ1) is 10.5. The maximum Gasteiger partial charge on any atom is -0.00948 e. The third-order valence-electron chi connectivity index (χ3n) is 3.33. The zero-order valence-electron chi connectivity index (χ0n) is 9.58. The van der Waals surface area contributed by atoms with Gasteiger partial charge in [-0.25, -0.2) is 0 Å². The molecule has 2 aliphatic rings. The molecular weight excluding hydrogens is 180 g/mol. The van der Waals surface area contributed by atoms with Crippen LogP contribution in [0.4, 0.5) is 0 Å². The minimum Gasteiger partial charge on any atom is -0.0801 e. The Hall–Kier alpha value is -1.04. The normalized spacial score (nSPS) is 31.4. The van der Waals surface area contributed by atoms with Crippen molar-refractivity contribution in [1.82, 2.24) is 0 Å². The summed E-state index contributed by atoms with van der Waals surface area (Å²) in [5, 5.41) is 0. The maximum absolute atomic E-state index is 2.38. The second kappa shape index (κ2) is 5.16. The molecule has 1 atom stereocenters. The molecule has 15 heavy (non-hydrogen) atoms. The van der Waals surface area contributed by atoms with E-state index in [0.717, 1.165) is 12.3 Å². The summed E-state index contributed by atoms with van der Waals surface area (Å²) in [6, 6.07) is 0. The van der Waals surface area contributed by atoms with Crippen molar-refractivity contribution in [2.45, 2.75) is 39.0 Å². The first-order chi connectivity index (χ1) is 7.36. The molecule has 1 unspecified atom stereocenters. The monoisotopic (exact) mass is 200 g/mol. The lowest BCUT2D eigenvalue weighted by atomic mass is 9.83. The maximum atomic E-state index is 2.38. The van der Waals surface area contributed by atoms with Crippen molar-refractivity contribution in [2.24, 2.45) is 5.92 Å². The molecule has 0 N–H and O–H groups in total. The molecule has 2 aliphatic carbocycles. The SMILES string of the molecule is CC1CCC/C(=C2\C=CC=CC=CC2)C1. The topological polar surface area (TPSA) is 0 Å². The summed E-state index contributed by atoms with van der Waals surface area (Å²) < 4.78 is 0. The molecule has 0 spiro atoms. The van der Waals surface area contributed by atoms with Gasteiger partial charge in [0.15, 0.2) is 0 Å². The minimum atomic E-state index is 0.889. The van der Waals surface area contributed by atoms with Crippen LogP contribution in [-0.4, -0.2) is 0 Å². The highest BCUT2D eigenvalue weighted by atomic mass is 14.2. The highest BCUT2D eigenvalue weighted by molar-refractivity contribution is 5.33. The van der Waals surface area contributed by atoms with Crippen LogP contribution in [0.5, 0.6) is 0 Å². The Kier molecular flexibility index (Phi) is 3.60. The van der Waals surface area contributed by atoms with Crippen molar-refractivity contribution in [3.05, 3.63) is 47.6 Å². The molecule has 0 amide bonds. The Morgan fingerprint density at radius 2 is 2.00 bits per heavy atom. The summed E-state index contributed by atoms with van der Waals surface area (Å²) in [4.78, 5) is 0. The van der Waals surface area contributed by atoms with Gasteiger partial charge in [0, 0.05) is 0 Å². The van der Waals surface area contributed by atoms with Crippen molar-refractivity contribution in [3.8, 4) is 0 Å². The Balaban J connectivity index is 2.18. The molecule has 2 rings (SSSR count).